The van der Waals surface area contributed by atoms with Crippen LogP contribution in [-0.2, 0) is 14.8 Å². The van der Waals surface area contributed by atoms with Crippen LogP contribution in [0, 0.1) is 11.6 Å². The number of aromatic amines is 2. The Bertz CT molecular complexity index is 1530. The van der Waals surface area contributed by atoms with Crippen molar-refractivity contribution >= 4 is 43.7 Å². The van der Waals surface area contributed by atoms with Crippen molar-refractivity contribution in [3.05, 3.63) is 64.6 Å². The number of nitrogens with one attached hydrogen (secondary N) is 3. The minimum absolute atomic E-state index is 0.0299. The first-order valence-electron chi connectivity index (χ1n) is 9.19. The Labute approximate surface area is 179 Å². The van der Waals surface area contributed by atoms with E-state index in [4.69, 9.17) is 9.47 Å². The highest BCUT2D eigenvalue weighted by Crippen LogP contribution is 2.32. The number of hydrogen-bond donors (Lipinski definition) is 3. The van der Waals surface area contributed by atoms with E-state index in [0.717, 1.165) is 12.1 Å². The van der Waals surface area contributed by atoms with Crippen molar-refractivity contribution in [2.45, 2.75) is 11.8 Å². The fraction of sp³-hybridized carbons (Fsp3) is 0.100. The minimum Gasteiger partial charge on any atom is -0.434 e. The van der Waals surface area contributed by atoms with Gasteiger partial charge in [0.2, 0.25) is 0 Å². The molecule has 0 amide bonds. The molecule has 0 saturated carbocycles. The lowest BCUT2D eigenvalue weighted by molar-refractivity contribution is 0.105. The first kappa shape index (κ1) is 21.3. The third-order valence-corrected chi connectivity index (χ3v) is 5.90. The van der Waals surface area contributed by atoms with Crippen molar-refractivity contribution in [2.75, 3.05) is 11.3 Å². The summed E-state index contributed by atoms with van der Waals surface area (Å²) < 4.78 is 64.2. The van der Waals surface area contributed by atoms with Crippen LogP contribution in [0.25, 0.3) is 21.8 Å². The highest BCUT2D eigenvalue weighted by atomic mass is 32.2. The van der Waals surface area contributed by atoms with Gasteiger partial charge >= 0.3 is 6.16 Å². The van der Waals surface area contributed by atoms with Gasteiger partial charge in [-0.25, -0.2) is 22.0 Å². The van der Waals surface area contributed by atoms with Crippen LogP contribution in [0.5, 0.6) is 5.75 Å². The van der Waals surface area contributed by atoms with E-state index >= 15 is 0 Å². The molecule has 0 aliphatic carbocycles. The SMILES string of the molecule is CCOC(=O)Oc1c[nH]c2c(=O)[nH]c3ccc(S(=O)(=O)Nc4ccc(F)c(F)c4)cc3c12. The molecule has 9 nitrogen and oxygen atoms in total. The van der Waals surface area contributed by atoms with E-state index in [1.54, 1.807) is 6.92 Å². The average molecular weight is 463 g/mol. The number of H-pyrrole nitrogens is 2. The predicted octanol–water partition coefficient (Wildman–Crippen LogP) is 3.62. The lowest BCUT2D eigenvalue weighted by atomic mass is 10.1. The zero-order chi connectivity index (χ0) is 23.0. The molecule has 0 radical (unpaired) electrons. The maximum atomic E-state index is 13.4. The summed E-state index contributed by atoms with van der Waals surface area (Å²) in [4.78, 5) is 29.2. The van der Waals surface area contributed by atoms with Gasteiger partial charge in [-0.3, -0.25) is 9.52 Å². The van der Waals surface area contributed by atoms with Crippen molar-refractivity contribution in [1.29, 1.82) is 0 Å². The van der Waals surface area contributed by atoms with Crippen molar-refractivity contribution in [3.8, 4) is 5.75 Å². The van der Waals surface area contributed by atoms with Gasteiger partial charge in [-0.15, -0.1) is 0 Å². The zero-order valence-electron chi connectivity index (χ0n) is 16.4. The molecule has 32 heavy (non-hydrogen) atoms. The Morgan fingerprint density at radius 3 is 2.62 bits per heavy atom. The molecule has 0 aliphatic rings. The van der Waals surface area contributed by atoms with E-state index in [-0.39, 0.29) is 44.7 Å². The van der Waals surface area contributed by atoms with Crippen LogP contribution in [0.3, 0.4) is 0 Å². The van der Waals surface area contributed by atoms with Crippen LogP contribution in [0.1, 0.15) is 6.92 Å². The molecule has 2 aromatic carbocycles. The highest BCUT2D eigenvalue weighted by molar-refractivity contribution is 7.92. The van der Waals surface area contributed by atoms with Gasteiger partial charge in [-0.2, -0.15) is 0 Å². The summed E-state index contributed by atoms with van der Waals surface area (Å²) in [5.41, 5.74) is -0.354. The van der Waals surface area contributed by atoms with E-state index in [9.17, 15) is 26.8 Å². The van der Waals surface area contributed by atoms with E-state index in [1.165, 1.54) is 24.4 Å². The third kappa shape index (κ3) is 3.87. The van der Waals surface area contributed by atoms with Gasteiger partial charge in [0.05, 0.1) is 22.6 Å². The Hall–Kier alpha value is -3.93. The second kappa shape index (κ2) is 7.96. The summed E-state index contributed by atoms with van der Waals surface area (Å²) in [6.07, 6.45) is 0.280. The zero-order valence-corrected chi connectivity index (χ0v) is 17.2. The van der Waals surface area contributed by atoms with Gasteiger partial charge in [-0.05, 0) is 37.3 Å². The molecule has 0 unspecified atom stereocenters. The number of anilines is 1. The minimum atomic E-state index is -4.21. The molecule has 12 heteroatoms. The molecular formula is C20H15F2N3O6S. The van der Waals surface area contributed by atoms with E-state index in [2.05, 4.69) is 14.7 Å². The Morgan fingerprint density at radius 2 is 1.91 bits per heavy atom. The lowest BCUT2D eigenvalue weighted by Crippen LogP contribution is -2.14. The number of fused-ring (bicyclic) bond motifs is 3. The topological polar surface area (TPSA) is 130 Å². The molecule has 0 aliphatic heterocycles. The number of carbonyl (C=O) groups excluding carboxylic acids is 1. The summed E-state index contributed by atoms with van der Waals surface area (Å²) in [6.45, 7) is 1.66. The summed E-state index contributed by atoms with van der Waals surface area (Å²) in [5, 5.41) is 0.426. The number of halogens is 2. The molecule has 3 N–H and O–H groups in total. The fourth-order valence-corrected chi connectivity index (χ4v) is 4.21. The van der Waals surface area contributed by atoms with Gasteiger partial charge in [0, 0.05) is 23.2 Å². The fourth-order valence-electron chi connectivity index (χ4n) is 3.13. The second-order valence-electron chi connectivity index (χ2n) is 6.58. The van der Waals surface area contributed by atoms with Crippen molar-refractivity contribution in [1.82, 2.24) is 9.97 Å². The number of rotatable bonds is 5. The first-order chi connectivity index (χ1) is 15.2. The molecule has 0 bridgehead atoms. The Kier molecular flexibility index (Phi) is 5.30. The number of aromatic nitrogens is 2. The standard InChI is InChI=1S/C20H15F2N3O6S/c1-2-30-20(27)31-16-9-23-18-17(16)12-8-11(4-6-15(12)24-19(18)26)32(28,29)25-10-3-5-13(21)14(22)7-10/h3-9,23,25H,2H2,1H3,(H,24,26). The van der Waals surface area contributed by atoms with Crippen molar-refractivity contribution in [2.24, 2.45) is 0 Å². The first-order valence-corrected chi connectivity index (χ1v) is 10.7. The number of carbonyl (C=O) groups is 1. The molecule has 0 atom stereocenters. The second-order valence-corrected chi connectivity index (χ2v) is 8.27. The molecule has 166 valence electrons. The van der Waals surface area contributed by atoms with Crippen LogP contribution >= 0.6 is 0 Å². The summed E-state index contributed by atoms with van der Waals surface area (Å²) in [5.74, 6) is -2.36. The van der Waals surface area contributed by atoms with Gasteiger partial charge < -0.3 is 19.4 Å². The number of pyridine rings is 1. The third-order valence-electron chi connectivity index (χ3n) is 4.52. The van der Waals surface area contributed by atoms with Crippen LogP contribution in [0.15, 0.2) is 52.3 Å². The smallest absolute Gasteiger partial charge is 0.434 e. The maximum absolute atomic E-state index is 13.4. The molecule has 2 heterocycles. The lowest BCUT2D eigenvalue weighted by Gasteiger charge is -2.10. The van der Waals surface area contributed by atoms with E-state index in [1.807, 2.05) is 0 Å². The molecule has 0 spiro atoms. The van der Waals surface area contributed by atoms with Crippen LogP contribution in [0.2, 0.25) is 0 Å². The monoisotopic (exact) mass is 463 g/mol. The number of ether oxygens (including phenoxy) is 2. The summed E-state index contributed by atoms with van der Waals surface area (Å²) in [7, 11) is -4.21. The predicted molar refractivity (Wildman–Crippen MR) is 111 cm³/mol. The van der Waals surface area contributed by atoms with Gasteiger partial charge in [0.15, 0.2) is 17.4 Å². The molecular weight excluding hydrogens is 448 g/mol. The van der Waals surface area contributed by atoms with E-state index in [0.29, 0.717) is 6.07 Å². The molecule has 2 aromatic heterocycles. The molecule has 4 rings (SSSR count). The van der Waals surface area contributed by atoms with Gasteiger partial charge in [-0.1, -0.05) is 0 Å². The number of sulfonamides is 1. The largest absolute Gasteiger partial charge is 0.513 e. The number of benzene rings is 2. The van der Waals surface area contributed by atoms with Gasteiger partial charge in [0.1, 0.15) is 5.52 Å². The molecule has 0 fully saturated rings. The number of hydrogen-bond acceptors (Lipinski definition) is 6. The van der Waals surface area contributed by atoms with Crippen LogP contribution in [-0.4, -0.2) is 31.1 Å². The Morgan fingerprint density at radius 1 is 1.12 bits per heavy atom. The van der Waals surface area contributed by atoms with Gasteiger partial charge in [0.25, 0.3) is 15.6 Å². The Balaban J connectivity index is 1.83. The molecule has 4 aromatic rings. The quantitative estimate of drug-likeness (QED) is 0.388. The van der Waals surface area contributed by atoms with E-state index < -0.39 is 33.4 Å². The van der Waals surface area contributed by atoms with Crippen LogP contribution in [0.4, 0.5) is 19.3 Å². The maximum Gasteiger partial charge on any atom is 0.513 e. The van der Waals surface area contributed by atoms with Crippen molar-refractivity contribution in [3.63, 3.8) is 0 Å². The highest BCUT2D eigenvalue weighted by Gasteiger charge is 2.20. The summed E-state index contributed by atoms with van der Waals surface area (Å²) in [6, 6.07) is 6.41. The van der Waals surface area contributed by atoms with Crippen molar-refractivity contribution < 1.29 is 31.5 Å². The molecule has 0 saturated heterocycles. The van der Waals surface area contributed by atoms with Crippen LogP contribution < -0.4 is 15.0 Å². The summed E-state index contributed by atoms with van der Waals surface area (Å²) >= 11 is 0. The normalized spacial score (nSPS) is 11.6. The average Bonchev–Trinajstić information content (AvgIpc) is 3.15.